The summed E-state index contributed by atoms with van der Waals surface area (Å²) in [5.41, 5.74) is 0.763. The van der Waals surface area contributed by atoms with E-state index in [1.807, 2.05) is 0 Å². The largest absolute Gasteiger partial charge is 0.478 e. The SMILES string of the molecule is O=C(O)C=Cc1cc(Br)c[nH]1. The lowest BCUT2D eigenvalue weighted by Crippen LogP contribution is -1.85. The average Bonchev–Trinajstić information content (AvgIpc) is 2.31. The van der Waals surface area contributed by atoms with Gasteiger partial charge in [-0.1, -0.05) is 0 Å². The Kier molecular flexibility index (Phi) is 2.48. The van der Waals surface area contributed by atoms with Crippen LogP contribution in [0.2, 0.25) is 0 Å². The molecule has 0 amide bonds. The number of carboxylic acids is 1. The van der Waals surface area contributed by atoms with Crippen molar-refractivity contribution < 1.29 is 9.90 Å². The fourth-order valence-corrected chi connectivity index (χ4v) is 1.00. The van der Waals surface area contributed by atoms with E-state index in [2.05, 4.69) is 20.9 Å². The number of aromatic nitrogens is 1. The lowest BCUT2D eigenvalue weighted by Gasteiger charge is -1.80. The molecule has 4 heteroatoms. The van der Waals surface area contributed by atoms with Crippen LogP contribution >= 0.6 is 15.9 Å². The number of halogens is 1. The van der Waals surface area contributed by atoms with Gasteiger partial charge in [-0.15, -0.1) is 0 Å². The summed E-state index contributed by atoms with van der Waals surface area (Å²) in [6.07, 6.45) is 4.31. The molecule has 0 bridgehead atoms. The Bertz CT molecular complexity index is 290. The second-order valence-corrected chi connectivity index (χ2v) is 2.86. The molecule has 0 saturated heterocycles. The standard InChI is InChI=1S/C7H6BrNO2/c8-5-3-6(9-4-5)1-2-7(10)11/h1-4,9H,(H,10,11). The summed E-state index contributed by atoms with van der Waals surface area (Å²) < 4.78 is 0.905. The molecule has 0 aliphatic carbocycles. The minimum Gasteiger partial charge on any atom is -0.478 e. The van der Waals surface area contributed by atoms with Crippen LogP contribution in [-0.2, 0) is 4.79 Å². The highest BCUT2D eigenvalue weighted by Crippen LogP contribution is 2.11. The highest BCUT2D eigenvalue weighted by Gasteiger charge is 1.91. The number of carboxylic acid groups (broad SMARTS) is 1. The van der Waals surface area contributed by atoms with Crippen molar-refractivity contribution in [3.63, 3.8) is 0 Å². The molecule has 0 radical (unpaired) electrons. The van der Waals surface area contributed by atoms with Crippen molar-refractivity contribution >= 4 is 28.0 Å². The van der Waals surface area contributed by atoms with Crippen molar-refractivity contribution in [3.8, 4) is 0 Å². The third-order valence-electron chi connectivity index (χ3n) is 1.08. The van der Waals surface area contributed by atoms with E-state index in [1.54, 1.807) is 12.3 Å². The maximum Gasteiger partial charge on any atom is 0.328 e. The van der Waals surface area contributed by atoms with Crippen LogP contribution in [0.3, 0.4) is 0 Å². The Morgan fingerprint density at radius 1 is 1.73 bits per heavy atom. The molecule has 58 valence electrons. The number of carbonyl (C=O) groups is 1. The number of rotatable bonds is 2. The molecule has 0 spiro atoms. The van der Waals surface area contributed by atoms with Crippen LogP contribution in [0, 0.1) is 0 Å². The van der Waals surface area contributed by atoms with Crippen LogP contribution in [0.25, 0.3) is 6.08 Å². The molecule has 3 nitrogen and oxygen atoms in total. The van der Waals surface area contributed by atoms with E-state index >= 15 is 0 Å². The van der Waals surface area contributed by atoms with Crippen LogP contribution in [0.15, 0.2) is 22.8 Å². The molecule has 1 rings (SSSR count). The predicted octanol–water partition coefficient (Wildman–Crippen LogP) is 1.88. The van der Waals surface area contributed by atoms with Gasteiger partial charge in [-0.05, 0) is 28.1 Å². The van der Waals surface area contributed by atoms with Crippen LogP contribution in [0.1, 0.15) is 5.69 Å². The Morgan fingerprint density at radius 2 is 2.45 bits per heavy atom. The number of aliphatic carboxylic acids is 1. The van der Waals surface area contributed by atoms with Crippen molar-refractivity contribution in [1.29, 1.82) is 0 Å². The summed E-state index contributed by atoms with van der Waals surface area (Å²) in [6, 6.07) is 1.79. The van der Waals surface area contributed by atoms with E-state index in [4.69, 9.17) is 5.11 Å². The minimum atomic E-state index is -0.948. The fraction of sp³-hybridized carbons (Fsp3) is 0. The van der Waals surface area contributed by atoms with Crippen LogP contribution in [0.5, 0.6) is 0 Å². The molecule has 1 aromatic rings. The summed E-state index contributed by atoms with van der Waals surface area (Å²) in [6.45, 7) is 0. The molecular formula is C7H6BrNO2. The van der Waals surface area contributed by atoms with E-state index < -0.39 is 5.97 Å². The normalized spacial score (nSPS) is 10.6. The maximum absolute atomic E-state index is 10.1. The summed E-state index contributed by atoms with van der Waals surface area (Å²) in [4.78, 5) is 12.9. The van der Waals surface area contributed by atoms with Gasteiger partial charge in [0, 0.05) is 22.4 Å². The highest BCUT2D eigenvalue weighted by molar-refractivity contribution is 9.10. The molecule has 1 aromatic heterocycles. The molecular weight excluding hydrogens is 210 g/mol. The van der Waals surface area contributed by atoms with Crippen molar-refractivity contribution in [2.24, 2.45) is 0 Å². The van der Waals surface area contributed by atoms with E-state index in [9.17, 15) is 4.79 Å². The van der Waals surface area contributed by atoms with Gasteiger partial charge in [0.2, 0.25) is 0 Å². The van der Waals surface area contributed by atoms with Crippen LogP contribution < -0.4 is 0 Å². The Labute approximate surface area is 71.9 Å². The summed E-state index contributed by atoms with van der Waals surface area (Å²) >= 11 is 3.23. The molecule has 11 heavy (non-hydrogen) atoms. The van der Waals surface area contributed by atoms with Crippen LogP contribution in [0.4, 0.5) is 0 Å². The van der Waals surface area contributed by atoms with Crippen molar-refractivity contribution in [1.82, 2.24) is 4.98 Å². The van der Waals surface area contributed by atoms with Gasteiger partial charge in [0.15, 0.2) is 0 Å². The van der Waals surface area contributed by atoms with Gasteiger partial charge in [-0.2, -0.15) is 0 Å². The number of aromatic amines is 1. The number of nitrogens with one attached hydrogen (secondary N) is 1. The van der Waals surface area contributed by atoms with Gasteiger partial charge < -0.3 is 10.1 Å². The lowest BCUT2D eigenvalue weighted by atomic mass is 10.4. The summed E-state index contributed by atoms with van der Waals surface area (Å²) in [5, 5.41) is 8.27. The van der Waals surface area contributed by atoms with Gasteiger partial charge in [0.1, 0.15) is 0 Å². The zero-order chi connectivity index (χ0) is 8.27. The topological polar surface area (TPSA) is 53.1 Å². The molecule has 0 aliphatic rings. The second-order valence-electron chi connectivity index (χ2n) is 1.94. The first-order valence-corrected chi connectivity index (χ1v) is 3.73. The summed E-state index contributed by atoms with van der Waals surface area (Å²) in [5.74, 6) is -0.948. The first kappa shape index (κ1) is 8.07. The molecule has 0 aromatic carbocycles. The molecule has 0 aliphatic heterocycles. The van der Waals surface area contributed by atoms with Crippen molar-refractivity contribution in [2.75, 3.05) is 0 Å². The molecule has 2 N–H and O–H groups in total. The predicted molar refractivity (Wildman–Crippen MR) is 45.2 cm³/mol. The monoisotopic (exact) mass is 215 g/mol. The first-order chi connectivity index (χ1) is 5.18. The van der Waals surface area contributed by atoms with Crippen molar-refractivity contribution in [2.45, 2.75) is 0 Å². The van der Waals surface area contributed by atoms with Gasteiger partial charge >= 0.3 is 5.97 Å². The number of hydrogen-bond donors (Lipinski definition) is 2. The second kappa shape index (κ2) is 3.39. The Hall–Kier alpha value is -1.03. The lowest BCUT2D eigenvalue weighted by molar-refractivity contribution is -0.131. The van der Waals surface area contributed by atoms with E-state index in [0.717, 1.165) is 16.2 Å². The molecule has 0 saturated carbocycles. The van der Waals surface area contributed by atoms with E-state index in [0.29, 0.717) is 0 Å². The average molecular weight is 216 g/mol. The van der Waals surface area contributed by atoms with Gasteiger partial charge in [0.05, 0.1) is 0 Å². The third-order valence-corrected chi connectivity index (χ3v) is 1.53. The minimum absolute atomic E-state index is 0.763. The Morgan fingerprint density at radius 3 is 2.91 bits per heavy atom. The zero-order valence-corrected chi connectivity index (χ0v) is 7.13. The summed E-state index contributed by atoms with van der Waals surface area (Å²) in [7, 11) is 0. The van der Waals surface area contributed by atoms with Gasteiger partial charge in [-0.25, -0.2) is 4.79 Å². The quantitative estimate of drug-likeness (QED) is 0.741. The number of hydrogen-bond acceptors (Lipinski definition) is 1. The zero-order valence-electron chi connectivity index (χ0n) is 5.54. The van der Waals surface area contributed by atoms with Crippen LogP contribution in [-0.4, -0.2) is 16.1 Å². The number of H-pyrrole nitrogens is 1. The van der Waals surface area contributed by atoms with Gasteiger partial charge in [0.25, 0.3) is 0 Å². The molecule has 0 unspecified atom stereocenters. The molecule has 1 heterocycles. The highest BCUT2D eigenvalue weighted by atomic mass is 79.9. The van der Waals surface area contributed by atoms with E-state index in [-0.39, 0.29) is 0 Å². The molecule has 0 atom stereocenters. The maximum atomic E-state index is 10.1. The van der Waals surface area contributed by atoms with E-state index in [1.165, 1.54) is 6.08 Å². The third kappa shape index (κ3) is 2.59. The smallest absolute Gasteiger partial charge is 0.328 e. The molecule has 0 fully saturated rings. The Balaban J connectivity index is 2.71. The first-order valence-electron chi connectivity index (χ1n) is 2.93. The van der Waals surface area contributed by atoms with Crippen molar-refractivity contribution in [3.05, 3.63) is 28.5 Å². The fourth-order valence-electron chi connectivity index (χ4n) is 0.641. The van der Waals surface area contributed by atoms with Gasteiger partial charge in [-0.3, -0.25) is 0 Å².